The molecular formula is C32H51NO3S. The Kier molecular flexibility index (Phi) is 9.26. The molecule has 0 radical (unpaired) electrons. The van der Waals surface area contributed by atoms with Crippen LogP contribution in [-0.4, -0.2) is 46.1 Å². The summed E-state index contributed by atoms with van der Waals surface area (Å²) >= 11 is 2.03. The van der Waals surface area contributed by atoms with Gasteiger partial charge in [-0.3, -0.25) is 4.79 Å². The first kappa shape index (κ1) is 28.8. The fraction of sp³-hybridized carbons (Fsp3) is 0.781. The van der Waals surface area contributed by atoms with Crippen LogP contribution in [0.2, 0.25) is 0 Å². The van der Waals surface area contributed by atoms with E-state index in [4.69, 9.17) is 9.47 Å². The first-order valence-corrected chi connectivity index (χ1v) is 15.9. The van der Waals surface area contributed by atoms with E-state index in [9.17, 15) is 4.79 Å². The zero-order valence-corrected chi connectivity index (χ0v) is 25.3. The van der Waals surface area contributed by atoms with Gasteiger partial charge in [0.1, 0.15) is 17.1 Å². The van der Waals surface area contributed by atoms with Crippen molar-refractivity contribution in [1.29, 1.82) is 0 Å². The highest BCUT2D eigenvalue weighted by Gasteiger charge is 2.53. The fourth-order valence-electron chi connectivity index (χ4n) is 6.67. The molecule has 208 valence electrons. The number of benzene rings is 1. The Bertz CT molecular complexity index is 936. The van der Waals surface area contributed by atoms with E-state index in [0.29, 0.717) is 29.4 Å². The molecule has 5 heteroatoms. The molecule has 3 heterocycles. The fourth-order valence-corrected chi connectivity index (χ4v) is 8.36. The van der Waals surface area contributed by atoms with Crippen molar-refractivity contribution in [2.24, 2.45) is 5.92 Å². The van der Waals surface area contributed by atoms with Gasteiger partial charge in [0.05, 0.1) is 5.25 Å². The summed E-state index contributed by atoms with van der Waals surface area (Å²) in [6, 6.07) is 4.46. The number of hydrogen-bond acceptors (Lipinski definition) is 5. The molecule has 2 saturated heterocycles. The van der Waals surface area contributed by atoms with E-state index in [2.05, 4.69) is 65.5 Å². The van der Waals surface area contributed by atoms with Crippen LogP contribution >= 0.6 is 11.8 Å². The molecule has 37 heavy (non-hydrogen) atoms. The van der Waals surface area contributed by atoms with Gasteiger partial charge in [-0.15, -0.1) is 11.8 Å². The molecule has 0 aliphatic carbocycles. The van der Waals surface area contributed by atoms with Crippen LogP contribution in [0.1, 0.15) is 129 Å². The van der Waals surface area contributed by atoms with Gasteiger partial charge in [-0.2, -0.15) is 0 Å². The Labute approximate surface area is 230 Å². The lowest BCUT2D eigenvalue weighted by Crippen LogP contribution is -2.45. The third-order valence-electron chi connectivity index (χ3n) is 9.00. The summed E-state index contributed by atoms with van der Waals surface area (Å²) in [5, 5.41) is 0.346. The first-order chi connectivity index (χ1) is 17.5. The molecule has 0 N–H and O–H groups in total. The van der Waals surface area contributed by atoms with Gasteiger partial charge < -0.3 is 14.4 Å². The number of nitrogens with zero attached hydrogens (tertiary/aromatic N) is 1. The topological polar surface area (TPSA) is 38.8 Å². The average molecular weight is 530 g/mol. The summed E-state index contributed by atoms with van der Waals surface area (Å²) in [7, 11) is 0. The maximum Gasteiger partial charge on any atom is 0.311 e. The summed E-state index contributed by atoms with van der Waals surface area (Å²) in [5.41, 5.74) is 2.11. The van der Waals surface area contributed by atoms with Crippen LogP contribution in [0.3, 0.4) is 0 Å². The smallest absolute Gasteiger partial charge is 0.311 e. The van der Waals surface area contributed by atoms with Crippen molar-refractivity contribution >= 4 is 17.7 Å². The maximum atomic E-state index is 13.1. The SMILES string of the molecule is CCCCCC(C)C(C)c1cc(OC(=O)CCCN2CCCC2)c2c(c1)OC(C)(C)C1SC(C)(C)CC21. The van der Waals surface area contributed by atoms with E-state index in [1.807, 2.05) is 11.8 Å². The van der Waals surface area contributed by atoms with Gasteiger partial charge in [-0.25, -0.2) is 0 Å². The van der Waals surface area contributed by atoms with Crippen molar-refractivity contribution in [3.05, 3.63) is 23.3 Å². The van der Waals surface area contributed by atoms with Crippen LogP contribution in [0.4, 0.5) is 0 Å². The van der Waals surface area contributed by atoms with E-state index >= 15 is 0 Å². The summed E-state index contributed by atoms with van der Waals surface area (Å²) in [5.74, 6) is 2.88. The monoisotopic (exact) mass is 529 g/mol. The number of likely N-dealkylation sites (tertiary alicyclic amines) is 1. The van der Waals surface area contributed by atoms with E-state index in [1.165, 1.54) is 57.2 Å². The molecule has 1 aromatic carbocycles. The molecule has 2 fully saturated rings. The lowest BCUT2D eigenvalue weighted by Gasteiger charge is -2.42. The maximum absolute atomic E-state index is 13.1. The molecule has 4 nitrogen and oxygen atoms in total. The van der Waals surface area contributed by atoms with Crippen molar-refractivity contribution in [3.63, 3.8) is 0 Å². The van der Waals surface area contributed by atoms with Crippen molar-refractivity contribution in [2.75, 3.05) is 19.6 Å². The largest absolute Gasteiger partial charge is 0.486 e. The number of fused-ring (bicyclic) bond motifs is 3. The van der Waals surface area contributed by atoms with Crippen LogP contribution < -0.4 is 9.47 Å². The predicted molar refractivity (Wildman–Crippen MR) is 156 cm³/mol. The zero-order valence-electron chi connectivity index (χ0n) is 24.5. The minimum absolute atomic E-state index is 0.103. The molecule has 0 spiro atoms. The van der Waals surface area contributed by atoms with Gasteiger partial charge in [-0.1, -0.05) is 60.3 Å². The Morgan fingerprint density at radius 2 is 1.86 bits per heavy atom. The lowest BCUT2D eigenvalue weighted by molar-refractivity contribution is -0.134. The zero-order chi connectivity index (χ0) is 26.8. The number of esters is 1. The lowest BCUT2D eigenvalue weighted by atomic mass is 9.77. The number of carbonyl (C=O) groups is 1. The van der Waals surface area contributed by atoms with Crippen molar-refractivity contribution in [3.8, 4) is 11.5 Å². The number of carbonyl (C=O) groups excluding carboxylic acids is 1. The Morgan fingerprint density at radius 1 is 1.14 bits per heavy atom. The summed E-state index contributed by atoms with van der Waals surface area (Å²) in [6.07, 6.45) is 10.0. The minimum Gasteiger partial charge on any atom is -0.486 e. The summed E-state index contributed by atoms with van der Waals surface area (Å²) < 4.78 is 13.2. The van der Waals surface area contributed by atoms with E-state index < -0.39 is 0 Å². The molecular weight excluding hydrogens is 478 g/mol. The van der Waals surface area contributed by atoms with Gasteiger partial charge in [0.15, 0.2) is 0 Å². The van der Waals surface area contributed by atoms with Crippen LogP contribution in [0.5, 0.6) is 11.5 Å². The summed E-state index contributed by atoms with van der Waals surface area (Å²) in [6.45, 7) is 19.4. The molecule has 0 amide bonds. The Balaban J connectivity index is 1.60. The predicted octanol–water partition coefficient (Wildman–Crippen LogP) is 8.33. The third kappa shape index (κ3) is 6.87. The minimum atomic E-state index is -0.262. The van der Waals surface area contributed by atoms with Gasteiger partial charge in [-0.05, 0) is 88.7 Å². The van der Waals surface area contributed by atoms with E-state index in [0.717, 1.165) is 36.4 Å². The van der Waals surface area contributed by atoms with Gasteiger partial charge in [0.2, 0.25) is 0 Å². The third-order valence-corrected chi connectivity index (χ3v) is 11.0. The second kappa shape index (κ2) is 11.9. The second-order valence-corrected chi connectivity index (χ2v) is 15.0. The molecule has 4 atom stereocenters. The average Bonchev–Trinajstić information content (AvgIpc) is 3.45. The van der Waals surface area contributed by atoms with Crippen LogP contribution in [-0.2, 0) is 4.79 Å². The molecule has 0 saturated carbocycles. The highest BCUT2D eigenvalue weighted by atomic mass is 32.2. The van der Waals surface area contributed by atoms with Crippen LogP contribution in [0, 0.1) is 5.92 Å². The van der Waals surface area contributed by atoms with E-state index in [-0.39, 0.29) is 16.3 Å². The van der Waals surface area contributed by atoms with Crippen molar-refractivity contribution in [2.45, 2.75) is 134 Å². The molecule has 3 aliphatic rings. The number of hydrogen-bond donors (Lipinski definition) is 0. The molecule has 3 aliphatic heterocycles. The standard InChI is InChI=1S/C32H51NO3S/c1-8-9-10-14-22(2)23(3)24-19-26(35-28(34)15-13-18-33-16-11-12-17-33)29-25-21-31(4,5)37-30(25)32(6,7)36-27(29)20-24/h19-20,22-23,25,30H,8-18,21H2,1-7H3. The Hall–Kier alpha value is -1.20. The quantitative estimate of drug-likeness (QED) is 0.164. The molecule has 0 aromatic heterocycles. The van der Waals surface area contributed by atoms with Gasteiger partial charge >= 0.3 is 5.97 Å². The molecule has 0 bridgehead atoms. The molecule has 1 aromatic rings. The molecule has 4 unspecified atom stereocenters. The first-order valence-electron chi connectivity index (χ1n) is 15.0. The Morgan fingerprint density at radius 3 is 2.57 bits per heavy atom. The highest BCUT2D eigenvalue weighted by molar-refractivity contribution is 8.01. The van der Waals surface area contributed by atoms with Crippen molar-refractivity contribution < 1.29 is 14.3 Å². The van der Waals surface area contributed by atoms with Gasteiger partial charge in [0.25, 0.3) is 0 Å². The second-order valence-electron chi connectivity index (χ2n) is 13.1. The van der Waals surface area contributed by atoms with Gasteiger partial charge in [0, 0.05) is 22.6 Å². The van der Waals surface area contributed by atoms with E-state index in [1.54, 1.807) is 0 Å². The summed E-state index contributed by atoms with van der Waals surface area (Å²) in [4.78, 5) is 15.6. The van der Waals surface area contributed by atoms with Crippen LogP contribution in [0.25, 0.3) is 0 Å². The number of rotatable bonds is 11. The van der Waals surface area contributed by atoms with Crippen LogP contribution in [0.15, 0.2) is 12.1 Å². The normalized spacial score (nSPS) is 25.7. The number of thioether (sulfide) groups is 1. The number of unbranched alkanes of at least 4 members (excludes halogenated alkanes) is 2. The number of ether oxygens (including phenoxy) is 2. The van der Waals surface area contributed by atoms with Crippen molar-refractivity contribution in [1.82, 2.24) is 4.90 Å². The highest BCUT2D eigenvalue weighted by Crippen LogP contribution is 2.61. The molecule has 4 rings (SSSR count).